The quantitative estimate of drug-likeness (QED) is 0.502. The van der Waals surface area contributed by atoms with E-state index in [1.807, 2.05) is 0 Å². The average molecular weight is 378 g/mol. The van der Waals surface area contributed by atoms with E-state index in [1.54, 1.807) is 0 Å². The van der Waals surface area contributed by atoms with E-state index in [4.69, 9.17) is 5.84 Å². The van der Waals surface area contributed by atoms with Gasteiger partial charge in [-0.2, -0.15) is 0 Å². The van der Waals surface area contributed by atoms with Crippen LogP contribution in [-0.2, 0) is 10.0 Å². The summed E-state index contributed by atoms with van der Waals surface area (Å²) < 4.78 is 28.1. The van der Waals surface area contributed by atoms with E-state index in [0.717, 1.165) is 25.9 Å². The second-order valence-corrected chi connectivity index (χ2v) is 7.57. The van der Waals surface area contributed by atoms with Crippen molar-refractivity contribution in [1.29, 1.82) is 0 Å². The van der Waals surface area contributed by atoms with Crippen molar-refractivity contribution in [2.24, 2.45) is 5.84 Å². The second kappa shape index (κ2) is 7.01. The van der Waals surface area contributed by atoms with Crippen LogP contribution in [0.15, 0.2) is 21.6 Å². The third-order valence-corrected chi connectivity index (χ3v) is 5.53. The molecule has 1 aliphatic rings. The monoisotopic (exact) mass is 377 g/mol. The molecule has 0 radical (unpaired) electrons. The molecule has 1 aliphatic heterocycles. The molecule has 2 heterocycles. The lowest BCUT2D eigenvalue weighted by atomic mass is 10.2. The molecule has 1 aromatic rings. The molecule has 1 fully saturated rings. The van der Waals surface area contributed by atoms with Crippen molar-refractivity contribution in [3.8, 4) is 0 Å². The Morgan fingerprint density at radius 2 is 2.33 bits per heavy atom. The number of likely N-dealkylation sites (tertiary alicyclic amines) is 1. The molecule has 0 bridgehead atoms. The lowest BCUT2D eigenvalue weighted by molar-refractivity contribution is 0.268. The number of rotatable bonds is 6. The van der Waals surface area contributed by atoms with Gasteiger partial charge in [-0.15, -0.1) is 0 Å². The maximum Gasteiger partial charge on any atom is 0.244 e. The molecule has 0 amide bonds. The molecule has 7 nitrogen and oxygen atoms in total. The van der Waals surface area contributed by atoms with Gasteiger partial charge in [0.25, 0.3) is 0 Å². The van der Waals surface area contributed by atoms with Gasteiger partial charge in [0.1, 0.15) is 4.90 Å². The minimum Gasteiger partial charge on any atom is -0.307 e. The van der Waals surface area contributed by atoms with Crippen molar-refractivity contribution >= 4 is 31.8 Å². The van der Waals surface area contributed by atoms with Crippen LogP contribution < -0.4 is 16.0 Å². The smallest absolute Gasteiger partial charge is 0.244 e. The fourth-order valence-corrected chi connectivity index (χ4v) is 4.26. The number of nitrogens with zero attached hydrogens (tertiary/aromatic N) is 2. The number of hydrogen-bond donors (Lipinski definition) is 3. The first-order chi connectivity index (χ1) is 9.97. The molecule has 9 heteroatoms. The van der Waals surface area contributed by atoms with E-state index in [0.29, 0.717) is 11.0 Å². The summed E-state index contributed by atoms with van der Waals surface area (Å²) in [5.74, 6) is 5.46. The highest BCUT2D eigenvalue weighted by Crippen LogP contribution is 2.23. The van der Waals surface area contributed by atoms with Crippen LogP contribution >= 0.6 is 15.9 Å². The summed E-state index contributed by atoms with van der Waals surface area (Å²) in [6, 6.07) is 1.73. The summed E-state index contributed by atoms with van der Waals surface area (Å²) in [5, 5.41) is 0. The summed E-state index contributed by atoms with van der Waals surface area (Å²) in [5.41, 5.74) is 2.32. The zero-order chi connectivity index (χ0) is 15.5. The molecule has 0 aliphatic carbocycles. The molecular weight excluding hydrogens is 358 g/mol. The van der Waals surface area contributed by atoms with Crippen LogP contribution in [0.5, 0.6) is 0 Å². The van der Waals surface area contributed by atoms with Gasteiger partial charge in [0.2, 0.25) is 10.0 Å². The Kier molecular flexibility index (Phi) is 5.55. The van der Waals surface area contributed by atoms with E-state index < -0.39 is 10.0 Å². The van der Waals surface area contributed by atoms with Crippen molar-refractivity contribution in [2.45, 2.75) is 30.7 Å². The fraction of sp³-hybridized carbons (Fsp3) is 0.583. The summed E-state index contributed by atoms with van der Waals surface area (Å²) >= 11 is 3.22. The number of hydrogen-bond acceptors (Lipinski definition) is 6. The third kappa shape index (κ3) is 3.92. The zero-order valence-corrected chi connectivity index (χ0v) is 14.2. The second-order valence-electron chi connectivity index (χ2n) is 4.92. The number of pyridine rings is 1. The van der Waals surface area contributed by atoms with Gasteiger partial charge in [-0.1, -0.05) is 6.92 Å². The number of nitrogen functional groups attached to an aromatic ring is 1. The van der Waals surface area contributed by atoms with Crippen molar-refractivity contribution in [1.82, 2.24) is 14.6 Å². The van der Waals surface area contributed by atoms with Crippen LogP contribution in [0, 0.1) is 0 Å². The van der Waals surface area contributed by atoms with E-state index in [2.05, 4.69) is 42.9 Å². The zero-order valence-electron chi connectivity index (χ0n) is 11.8. The van der Waals surface area contributed by atoms with Gasteiger partial charge in [0, 0.05) is 23.3 Å². The van der Waals surface area contributed by atoms with Gasteiger partial charge >= 0.3 is 0 Å². The van der Waals surface area contributed by atoms with Gasteiger partial charge < -0.3 is 5.43 Å². The third-order valence-electron chi connectivity index (χ3n) is 3.66. The number of aromatic nitrogens is 1. The Hall–Kier alpha value is -0.740. The molecule has 1 aromatic heterocycles. The van der Waals surface area contributed by atoms with Crippen LogP contribution in [-0.4, -0.2) is 44.0 Å². The Balaban J connectivity index is 2.13. The molecule has 1 unspecified atom stereocenters. The lowest BCUT2D eigenvalue weighted by Crippen LogP contribution is -2.40. The van der Waals surface area contributed by atoms with Gasteiger partial charge in [-0.3, -0.25) is 4.90 Å². The van der Waals surface area contributed by atoms with E-state index in [9.17, 15) is 8.42 Å². The number of sulfonamides is 1. The van der Waals surface area contributed by atoms with Gasteiger partial charge in [0.15, 0.2) is 5.82 Å². The maximum absolute atomic E-state index is 12.4. The molecule has 1 saturated heterocycles. The van der Waals surface area contributed by atoms with Crippen LogP contribution in [0.25, 0.3) is 0 Å². The Morgan fingerprint density at radius 3 is 3.00 bits per heavy atom. The molecular formula is C12H20BrN5O2S. The van der Waals surface area contributed by atoms with Crippen LogP contribution in [0.1, 0.15) is 19.8 Å². The van der Waals surface area contributed by atoms with E-state index >= 15 is 0 Å². The molecule has 1 atom stereocenters. The average Bonchev–Trinajstić information content (AvgIpc) is 2.92. The number of likely N-dealkylation sites (N-methyl/N-ethyl adjacent to an activating group) is 1. The molecule has 4 N–H and O–H groups in total. The molecule has 0 aromatic carbocycles. The predicted octanol–water partition coefficient (Wildman–Crippen LogP) is 0.892. The SMILES string of the molecule is CCN1CCCC1CNS(=O)(=O)c1cc(Br)cnc1NN. The highest BCUT2D eigenvalue weighted by atomic mass is 79.9. The predicted molar refractivity (Wildman–Crippen MR) is 85.2 cm³/mol. The Bertz CT molecular complexity index is 595. The summed E-state index contributed by atoms with van der Waals surface area (Å²) in [7, 11) is -3.66. The molecule has 0 spiro atoms. The maximum atomic E-state index is 12.4. The normalized spacial score (nSPS) is 19.9. The number of anilines is 1. The van der Waals surface area contributed by atoms with Crippen molar-refractivity contribution in [3.05, 3.63) is 16.7 Å². The van der Waals surface area contributed by atoms with Crippen LogP contribution in [0.4, 0.5) is 5.82 Å². The first-order valence-electron chi connectivity index (χ1n) is 6.83. The highest BCUT2D eigenvalue weighted by Gasteiger charge is 2.26. The van der Waals surface area contributed by atoms with Crippen molar-refractivity contribution in [2.75, 3.05) is 25.1 Å². The number of nitrogens with one attached hydrogen (secondary N) is 2. The standard InChI is InChI=1S/C12H20BrN5O2S/c1-2-18-5-3-4-10(18)8-16-21(19,20)11-6-9(13)7-15-12(11)17-14/h6-7,10,16H,2-5,8,14H2,1H3,(H,15,17). The largest absolute Gasteiger partial charge is 0.307 e. The number of hydrazine groups is 1. The van der Waals surface area contributed by atoms with E-state index in [-0.39, 0.29) is 16.8 Å². The minimum atomic E-state index is -3.66. The van der Waals surface area contributed by atoms with E-state index in [1.165, 1.54) is 12.3 Å². The summed E-state index contributed by atoms with van der Waals surface area (Å²) in [4.78, 5) is 6.28. The lowest BCUT2D eigenvalue weighted by Gasteiger charge is -2.23. The molecule has 118 valence electrons. The number of halogens is 1. The van der Waals surface area contributed by atoms with Gasteiger partial charge in [-0.05, 0) is 47.9 Å². The van der Waals surface area contributed by atoms with Gasteiger partial charge in [-0.25, -0.2) is 24.0 Å². The van der Waals surface area contributed by atoms with Crippen LogP contribution in [0.3, 0.4) is 0 Å². The number of nitrogens with two attached hydrogens (primary N) is 1. The summed E-state index contributed by atoms with van der Waals surface area (Å²) in [6.45, 7) is 4.44. The fourth-order valence-electron chi connectivity index (χ4n) is 2.56. The first-order valence-corrected chi connectivity index (χ1v) is 9.11. The topological polar surface area (TPSA) is 100 Å². The first kappa shape index (κ1) is 16.6. The Morgan fingerprint density at radius 1 is 1.57 bits per heavy atom. The molecule has 21 heavy (non-hydrogen) atoms. The minimum absolute atomic E-state index is 0.0421. The Labute approximate surface area is 133 Å². The van der Waals surface area contributed by atoms with Crippen molar-refractivity contribution < 1.29 is 8.42 Å². The van der Waals surface area contributed by atoms with Crippen LogP contribution in [0.2, 0.25) is 0 Å². The molecule has 2 rings (SSSR count). The molecule has 0 saturated carbocycles. The van der Waals surface area contributed by atoms with Gasteiger partial charge in [0.05, 0.1) is 0 Å². The van der Waals surface area contributed by atoms with Crippen molar-refractivity contribution in [3.63, 3.8) is 0 Å². The summed E-state index contributed by atoms with van der Waals surface area (Å²) in [6.07, 6.45) is 3.60. The highest BCUT2D eigenvalue weighted by molar-refractivity contribution is 9.10.